The summed E-state index contributed by atoms with van der Waals surface area (Å²) in [6.45, 7) is 0. The van der Waals surface area contributed by atoms with E-state index in [1.54, 1.807) is 24.3 Å². The van der Waals surface area contributed by atoms with Gasteiger partial charge in [0.15, 0.2) is 0 Å². The van der Waals surface area contributed by atoms with E-state index in [-0.39, 0.29) is 15.9 Å². The second kappa shape index (κ2) is 7.09. The molecule has 2 rings (SSSR count). The van der Waals surface area contributed by atoms with Gasteiger partial charge in [-0.1, -0.05) is 30.8 Å². The van der Waals surface area contributed by atoms with E-state index in [0.29, 0.717) is 10.8 Å². The van der Waals surface area contributed by atoms with Gasteiger partial charge in [-0.25, -0.2) is 13.1 Å². The summed E-state index contributed by atoms with van der Waals surface area (Å²) in [7, 11) is -3.48. The number of benzene rings is 1. The lowest BCUT2D eigenvalue weighted by Crippen LogP contribution is -2.39. The van der Waals surface area contributed by atoms with Gasteiger partial charge in [-0.2, -0.15) is 11.8 Å². The third kappa shape index (κ3) is 4.42. The average Bonchev–Trinajstić information content (AvgIpc) is 2.47. The van der Waals surface area contributed by atoms with Gasteiger partial charge in [-0.15, -0.1) is 0 Å². The van der Waals surface area contributed by atoms with E-state index in [4.69, 9.17) is 18.0 Å². The lowest BCUT2D eigenvalue weighted by atomic mass is 9.96. The van der Waals surface area contributed by atoms with Gasteiger partial charge in [0.2, 0.25) is 10.0 Å². The van der Waals surface area contributed by atoms with Gasteiger partial charge in [0.05, 0.1) is 4.90 Å². The van der Waals surface area contributed by atoms with Crippen molar-refractivity contribution in [2.45, 2.75) is 41.9 Å². The summed E-state index contributed by atoms with van der Waals surface area (Å²) in [6.07, 6.45) is 6.11. The van der Waals surface area contributed by atoms with E-state index in [1.165, 1.54) is 6.42 Å². The van der Waals surface area contributed by atoms with Crippen LogP contribution in [0, 0.1) is 0 Å². The zero-order valence-corrected chi connectivity index (χ0v) is 14.4. The number of hydrogen-bond acceptors (Lipinski definition) is 4. The number of nitrogens with one attached hydrogen (secondary N) is 1. The van der Waals surface area contributed by atoms with Gasteiger partial charge in [-0.05, 0) is 37.7 Å². The SMILES string of the molecule is CSC1CCCC(NS(=O)(=O)c2ccc(C(N)=S)cc2)C1. The van der Waals surface area contributed by atoms with Crippen LogP contribution in [0.1, 0.15) is 31.2 Å². The van der Waals surface area contributed by atoms with Crippen molar-refractivity contribution in [1.82, 2.24) is 4.72 Å². The Morgan fingerprint density at radius 2 is 2.00 bits per heavy atom. The molecule has 0 heterocycles. The first-order valence-electron chi connectivity index (χ1n) is 6.87. The molecule has 1 aliphatic carbocycles. The molecule has 0 amide bonds. The first kappa shape index (κ1) is 16.7. The Bertz CT molecular complexity index is 599. The summed E-state index contributed by atoms with van der Waals surface area (Å²) >= 11 is 6.68. The van der Waals surface area contributed by atoms with Crippen molar-refractivity contribution in [1.29, 1.82) is 0 Å². The molecule has 116 valence electrons. The van der Waals surface area contributed by atoms with Gasteiger partial charge < -0.3 is 5.73 Å². The fourth-order valence-electron chi connectivity index (χ4n) is 2.55. The summed E-state index contributed by atoms with van der Waals surface area (Å²) in [6, 6.07) is 6.40. The van der Waals surface area contributed by atoms with Crippen LogP contribution < -0.4 is 10.5 Å². The van der Waals surface area contributed by atoms with Crippen LogP contribution in [0.4, 0.5) is 0 Å². The summed E-state index contributed by atoms with van der Waals surface area (Å²) < 4.78 is 27.6. The highest BCUT2D eigenvalue weighted by Crippen LogP contribution is 2.27. The third-order valence-corrected chi connectivity index (χ3v) is 6.60. The Kier molecular flexibility index (Phi) is 5.65. The van der Waals surface area contributed by atoms with E-state index < -0.39 is 10.0 Å². The second-order valence-electron chi connectivity index (χ2n) is 5.23. The summed E-state index contributed by atoms with van der Waals surface area (Å²) in [4.78, 5) is 0.524. The van der Waals surface area contributed by atoms with Crippen LogP contribution in [-0.4, -0.2) is 31.0 Å². The molecular formula is C14H20N2O2S3. The number of thiocarbonyl (C=S) groups is 1. The lowest BCUT2D eigenvalue weighted by molar-refractivity contribution is 0.421. The van der Waals surface area contributed by atoms with E-state index in [9.17, 15) is 8.42 Å². The van der Waals surface area contributed by atoms with E-state index in [0.717, 1.165) is 19.3 Å². The van der Waals surface area contributed by atoms with Crippen molar-refractivity contribution in [2.24, 2.45) is 5.73 Å². The number of sulfonamides is 1. The maximum Gasteiger partial charge on any atom is 0.240 e. The Hall–Kier alpha value is -0.630. The molecule has 0 radical (unpaired) electrons. The molecule has 1 fully saturated rings. The molecule has 0 saturated heterocycles. The van der Waals surface area contributed by atoms with Gasteiger partial charge in [-0.3, -0.25) is 0 Å². The Labute approximate surface area is 135 Å². The predicted molar refractivity (Wildman–Crippen MR) is 92.2 cm³/mol. The number of rotatable bonds is 5. The van der Waals surface area contributed by atoms with Crippen molar-refractivity contribution in [3.05, 3.63) is 29.8 Å². The molecule has 0 bridgehead atoms. The molecule has 0 aromatic heterocycles. The minimum atomic E-state index is -3.48. The van der Waals surface area contributed by atoms with E-state index >= 15 is 0 Å². The standard InChI is InChI=1S/C14H20N2O2S3/c1-20-12-4-2-3-11(9-12)16-21(17,18)13-7-5-10(6-8-13)14(15)19/h5-8,11-12,16H,2-4,9H2,1H3,(H2,15,19). The lowest BCUT2D eigenvalue weighted by Gasteiger charge is -2.28. The fourth-order valence-corrected chi connectivity index (χ4v) is 4.80. The molecule has 4 nitrogen and oxygen atoms in total. The Balaban J connectivity index is 2.09. The first-order chi connectivity index (χ1) is 9.92. The van der Waals surface area contributed by atoms with Crippen LogP contribution in [0.15, 0.2) is 29.2 Å². The molecule has 3 N–H and O–H groups in total. The molecule has 0 spiro atoms. The van der Waals surface area contributed by atoms with Crippen molar-refractivity contribution in [3.63, 3.8) is 0 Å². The Morgan fingerprint density at radius 3 is 2.57 bits per heavy atom. The average molecular weight is 345 g/mol. The minimum Gasteiger partial charge on any atom is -0.389 e. The van der Waals surface area contributed by atoms with Gasteiger partial charge in [0.1, 0.15) is 4.99 Å². The molecule has 1 aromatic carbocycles. The quantitative estimate of drug-likeness (QED) is 0.802. The van der Waals surface area contributed by atoms with Crippen LogP contribution in [0.3, 0.4) is 0 Å². The summed E-state index contributed by atoms with van der Waals surface area (Å²) in [5.74, 6) is 0. The zero-order chi connectivity index (χ0) is 15.5. The molecule has 1 aromatic rings. The maximum atomic E-state index is 12.4. The third-order valence-electron chi connectivity index (χ3n) is 3.73. The normalized spacial score (nSPS) is 22.9. The highest BCUT2D eigenvalue weighted by molar-refractivity contribution is 7.99. The summed E-state index contributed by atoms with van der Waals surface area (Å²) in [5.41, 5.74) is 6.19. The predicted octanol–water partition coefficient (Wildman–Crippen LogP) is 2.27. The summed E-state index contributed by atoms with van der Waals surface area (Å²) in [5, 5.41) is 0.545. The molecule has 2 atom stereocenters. The van der Waals surface area contributed by atoms with Crippen LogP contribution in [0.25, 0.3) is 0 Å². The van der Waals surface area contributed by atoms with Gasteiger partial charge in [0, 0.05) is 16.9 Å². The number of hydrogen-bond donors (Lipinski definition) is 2. The van der Waals surface area contributed by atoms with Gasteiger partial charge >= 0.3 is 0 Å². The zero-order valence-electron chi connectivity index (χ0n) is 11.9. The van der Waals surface area contributed by atoms with E-state index in [2.05, 4.69) is 11.0 Å². The number of nitrogens with two attached hydrogens (primary N) is 1. The molecule has 7 heteroatoms. The molecule has 21 heavy (non-hydrogen) atoms. The highest BCUT2D eigenvalue weighted by atomic mass is 32.2. The molecule has 1 saturated carbocycles. The van der Waals surface area contributed by atoms with Crippen LogP contribution in [0.5, 0.6) is 0 Å². The topological polar surface area (TPSA) is 72.2 Å². The molecular weight excluding hydrogens is 324 g/mol. The van der Waals surface area contributed by atoms with E-state index in [1.807, 2.05) is 11.8 Å². The largest absolute Gasteiger partial charge is 0.389 e. The van der Waals surface area contributed by atoms with Crippen molar-refractivity contribution < 1.29 is 8.42 Å². The first-order valence-corrected chi connectivity index (χ1v) is 10.1. The fraction of sp³-hybridized carbons (Fsp3) is 0.500. The maximum absolute atomic E-state index is 12.4. The minimum absolute atomic E-state index is 0.0245. The van der Waals surface area contributed by atoms with Crippen molar-refractivity contribution in [3.8, 4) is 0 Å². The smallest absolute Gasteiger partial charge is 0.240 e. The van der Waals surface area contributed by atoms with Gasteiger partial charge in [0.25, 0.3) is 0 Å². The number of thioether (sulfide) groups is 1. The monoisotopic (exact) mass is 344 g/mol. The van der Waals surface area contributed by atoms with Crippen LogP contribution in [0.2, 0.25) is 0 Å². The molecule has 2 unspecified atom stereocenters. The van der Waals surface area contributed by atoms with Crippen molar-refractivity contribution >= 4 is 39.0 Å². The highest BCUT2D eigenvalue weighted by Gasteiger charge is 2.26. The molecule has 0 aliphatic heterocycles. The van der Waals surface area contributed by atoms with Crippen LogP contribution in [-0.2, 0) is 10.0 Å². The van der Waals surface area contributed by atoms with Crippen LogP contribution >= 0.6 is 24.0 Å². The Morgan fingerprint density at radius 1 is 1.33 bits per heavy atom. The molecule has 1 aliphatic rings. The second-order valence-corrected chi connectivity index (χ2v) is 8.52. The van der Waals surface area contributed by atoms with Crippen molar-refractivity contribution in [2.75, 3.05) is 6.26 Å².